The molecule has 2 aromatic carbocycles. The molecule has 0 atom stereocenters. The van der Waals surface area contributed by atoms with E-state index in [9.17, 15) is 9.59 Å². The number of nitrogens with one attached hydrogen (secondary N) is 1. The van der Waals surface area contributed by atoms with Gasteiger partial charge in [0.25, 0.3) is 5.91 Å². The molecule has 0 spiro atoms. The van der Waals surface area contributed by atoms with Crippen LogP contribution in [0.15, 0.2) is 40.8 Å². The van der Waals surface area contributed by atoms with Gasteiger partial charge in [0.05, 0.1) is 14.2 Å². The molecule has 1 aromatic heterocycles. The van der Waals surface area contributed by atoms with Crippen molar-refractivity contribution >= 4 is 28.7 Å². The highest BCUT2D eigenvalue weighted by Gasteiger charge is 2.28. The molecule has 1 heterocycles. The maximum absolute atomic E-state index is 12.6. The summed E-state index contributed by atoms with van der Waals surface area (Å²) in [5.41, 5.74) is 2.42. The molecule has 29 heavy (non-hydrogen) atoms. The molecule has 0 saturated heterocycles. The summed E-state index contributed by atoms with van der Waals surface area (Å²) in [5.74, 6) is 1.03. The molecule has 1 N–H and O–H groups in total. The Balaban J connectivity index is 1.48. The normalized spacial score (nSPS) is 13.2. The number of aromatic nitrogens is 1. The third-order valence-corrected chi connectivity index (χ3v) is 4.59. The van der Waals surface area contributed by atoms with E-state index in [1.807, 2.05) is 0 Å². The summed E-state index contributed by atoms with van der Waals surface area (Å²) < 4.78 is 20.9. The van der Waals surface area contributed by atoms with Crippen LogP contribution in [0.2, 0.25) is 0 Å². The van der Waals surface area contributed by atoms with Gasteiger partial charge < -0.3 is 23.9 Å². The number of amides is 1. The number of hydrogen-bond acceptors (Lipinski definition) is 7. The zero-order valence-electron chi connectivity index (χ0n) is 16.1. The molecule has 3 aromatic rings. The van der Waals surface area contributed by atoms with Crippen LogP contribution in [0.4, 0.5) is 5.69 Å². The quantitative estimate of drug-likeness (QED) is 0.610. The maximum Gasteiger partial charge on any atom is 0.343 e. The van der Waals surface area contributed by atoms with Crippen LogP contribution in [0.5, 0.6) is 11.5 Å². The third-order valence-electron chi connectivity index (χ3n) is 4.59. The average Bonchev–Trinajstić information content (AvgIpc) is 3.51. The lowest BCUT2D eigenvalue weighted by atomic mass is 10.1. The first-order chi connectivity index (χ1) is 14.1. The molecular weight excluding hydrogens is 376 g/mol. The number of esters is 1. The maximum atomic E-state index is 12.6. The summed E-state index contributed by atoms with van der Waals surface area (Å²) in [6.45, 7) is -0.251. The van der Waals surface area contributed by atoms with Gasteiger partial charge >= 0.3 is 5.97 Å². The number of carbonyl (C=O) groups is 2. The number of carbonyl (C=O) groups excluding carboxylic acids is 2. The molecule has 0 radical (unpaired) electrons. The third kappa shape index (κ3) is 4.16. The lowest BCUT2D eigenvalue weighted by molar-refractivity contribution is -0.142. The van der Waals surface area contributed by atoms with Crippen molar-refractivity contribution in [3.05, 3.63) is 47.9 Å². The predicted octanol–water partition coefficient (Wildman–Crippen LogP) is 3.52. The first kappa shape index (κ1) is 18.8. The van der Waals surface area contributed by atoms with Crippen LogP contribution in [0.1, 0.15) is 35.0 Å². The van der Waals surface area contributed by atoms with Gasteiger partial charge in [-0.25, -0.2) is 9.78 Å². The first-order valence-electron chi connectivity index (χ1n) is 9.17. The van der Waals surface area contributed by atoms with Gasteiger partial charge in [0, 0.05) is 17.2 Å². The number of methoxy groups -OCH3 is 2. The highest BCUT2D eigenvalue weighted by Crippen LogP contribution is 2.40. The number of ether oxygens (including phenoxy) is 3. The lowest BCUT2D eigenvalue weighted by Gasteiger charge is -2.11. The minimum absolute atomic E-state index is 0.251. The van der Waals surface area contributed by atoms with E-state index in [2.05, 4.69) is 15.0 Å². The highest BCUT2D eigenvalue weighted by molar-refractivity contribution is 6.05. The molecule has 1 amide bonds. The molecule has 0 unspecified atom stereocenters. The molecule has 1 aliphatic rings. The predicted molar refractivity (Wildman–Crippen MR) is 104 cm³/mol. The van der Waals surface area contributed by atoms with E-state index in [1.54, 1.807) is 36.4 Å². The van der Waals surface area contributed by atoms with Crippen molar-refractivity contribution in [2.45, 2.75) is 18.8 Å². The topological polar surface area (TPSA) is 99.9 Å². The average molecular weight is 396 g/mol. The van der Waals surface area contributed by atoms with E-state index in [1.165, 1.54) is 14.2 Å². The number of nitrogens with zero attached hydrogens (tertiary/aromatic N) is 1. The fourth-order valence-electron chi connectivity index (χ4n) is 2.85. The summed E-state index contributed by atoms with van der Waals surface area (Å²) in [7, 11) is 2.73. The zero-order valence-corrected chi connectivity index (χ0v) is 16.1. The molecule has 150 valence electrons. The molecule has 0 aliphatic heterocycles. The number of hydrogen-bond donors (Lipinski definition) is 1. The largest absolute Gasteiger partial charge is 0.493 e. The molecule has 1 saturated carbocycles. The van der Waals surface area contributed by atoms with Gasteiger partial charge in [-0.15, -0.1) is 0 Å². The van der Waals surface area contributed by atoms with Crippen molar-refractivity contribution in [3.8, 4) is 11.5 Å². The van der Waals surface area contributed by atoms with Gasteiger partial charge in [-0.05, 0) is 49.2 Å². The Bertz CT molecular complexity index is 1070. The van der Waals surface area contributed by atoms with Gasteiger partial charge in [0.2, 0.25) is 0 Å². The minimum atomic E-state index is -0.512. The van der Waals surface area contributed by atoms with Crippen LogP contribution in [0.3, 0.4) is 0 Å². The van der Waals surface area contributed by atoms with E-state index < -0.39 is 5.97 Å². The number of rotatable bonds is 7. The van der Waals surface area contributed by atoms with E-state index in [-0.39, 0.29) is 12.5 Å². The van der Waals surface area contributed by atoms with E-state index in [0.29, 0.717) is 39.8 Å². The Morgan fingerprint density at radius 2 is 1.97 bits per heavy atom. The van der Waals surface area contributed by atoms with Crippen molar-refractivity contribution in [1.29, 1.82) is 0 Å². The summed E-state index contributed by atoms with van der Waals surface area (Å²) >= 11 is 0. The molecule has 4 rings (SSSR count). The molecule has 1 aliphatic carbocycles. The van der Waals surface area contributed by atoms with Crippen molar-refractivity contribution in [1.82, 2.24) is 4.98 Å². The molecule has 0 bridgehead atoms. The number of fused-ring (bicyclic) bond motifs is 1. The van der Waals surface area contributed by atoms with Crippen LogP contribution < -0.4 is 14.8 Å². The van der Waals surface area contributed by atoms with Gasteiger partial charge in [-0.3, -0.25) is 4.79 Å². The Labute approximate surface area is 166 Å². The van der Waals surface area contributed by atoms with Crippen molar-refractivity contribution in [3.63, 3.8) is 0 Å². The van der Waals surface area contributed by atoms with Crippen LogP contribution in [-0.4, -0.2) is 37.7 Å². The second kappa shape index (κ2) is 7.83. The summed E-state index contributed by atoms with van der Waals surface area (Å²) in [6, 6.07) is 10.1. The number of benzene rings is 2. The van der Waals surface area contributed by atoms with Crippen LogP contribution in [0, 0.1) is 0 Å². The second-order valence-corrected chi connectivity index (χ2v) is 6.69. The first-order valence-corrected chi connectivity index (χ1v) is 9.17. The standard InChI is InChI=1S/C21H20N2O6/c1-26-18-9-13(5-7-17(18)28-11-19(24)27-2)20(25)22-14-6-8-16-15(10-14)23-21(29-16)12-3-4-12/h5-10,12H,3-4,11H2,1-2H3,(H,22,25). The molecule has 8 heteroatoms. The molecule has 1 fully saturated rings. The minimum Gasteiger partial charge on any atom is -0.493 e. The lowest BCUT2D eigenvalue weighted by Crippen LogP contribution is -2.14. The van der Waals surface area contributed by atoms with Crippen molar-refractivity contribution in [2.75, 3.05) is 26.1 Å². The Morgan fingerprint density at radius 1 is 1.14 bits per heavy atom. The SMILES string of the molecule is COC(=O)COc1ccc(C(=O)Nc2ccc3oc(C4CC4)nc3c2)cc1OC. The van der Waals surface area contributed by atoms with Crippen LogP contribution in [0.25, 0.3) is 11.1 Å². The summed E-state index contributed by atoms with van der Waals surface area (Å²) in [4.78, 5) is 28.4. The Morgan fingerprint density at radius 3 is 2.69 bits per heavy atom. The fourth-order valence-corrected chi connectivity index (χ4v) is 2.85. The summed E-state index contributed by atoms with van der Waals surface area (Å²) in [6.07, 6.45) is 2.22. The van der Waals surface area contributed by atoms with Gasteiger partial charge in [-0.2, -0.15) is 0 Å². The molecule has 8 nitrogen and oxygen atoms in total. The second-order valence-electron chi connectivity index (χ2n) is 6.69. The van der Waals surface area contributed by atoms with Gasteiger partial charge in [-0.1, -0.05) is 0 Å². The monoisotopic (exact) mass is 396 g/mol. The number of anilines is 1. The number of oxazole rings is 1. The van der Waals surface area contributed by atoms with Gasteiger partial charge in [0.15, 0.2) is 29.6 Å². The fraction of sp³-hybridized carbons (Fsp3) is 0.286. The Kier molecular flexibility index (Phi) is 5.07. The smallest absolute Gasteiger partial charge is 0.343 e. The zero-order chi connectivity index (χ0) is 20.4. The van der Waals surface area contributed by atoms with E-state index in [0.717, 1.165) is 18.7 Å². The summed E-state index contributed by atoms with van der Waals surface area (Å²) in [5, 5.41) is 2.84. The molecular formula is C21H20N2O6. The van der Waals surface area contributed by atoms with Crippen molar-refractivity contribution < 1.29 is 28.2 Å². The highest BCUT2D eigenvalue weighted by atomic mass is 16.6. The van der Waals surface area contributed by atoms with Gasteiger partial charge in [0.1, 0.15) is 5.52 Å². The van der Waals surface area contributed by atoms with Crippen molar-refractivity contribution in [2.24, 2.45) is 0 Å². The van der Waals surface area contributed by atoms with Crippen LogP contribution in [-0.2, 0) is 9.53 Å². The van der Waals surface area contributed by atoms with E-state index >= 15 is 0 Å². The Hall–Kier alpha value is -3.55. The van der Waals surface area contributed by atoms with Crippen LogP contribution >= 0.6 is 0 Å². The van der Waals surface area contributed by atoms with E-state index in [4.69, 9.17) is 13.9 Å².